The number of nitrogens with zero attached hydrogens (tertiary/aromatic N) is 3. The van der Waals surface area contributed by atoms with Crippen LogP contribution >= 0.6 is 0 Å². The molecular weight excluding hydrogens is 472 g/mol. The quantitative estimate of drug-likeness (QED) is 0.444. The number of hydrogen-bond donors (Lipinski definition) is 1. The number of carbonyl (C=O) groups excluding carboxylic acids is 2. The van der Waals surface area contributed by atoms with E-state index in [1.807, 2.05) is 62.5 Å². The number of aromatic nitrogens is 2. The molecule has 1 aromatic heterocycles. The fourth-order valence-corrected chi connectivity index (χ4v) is 4.36. The van der Waals surface area contributed by atoms with Gasteiger partial charge in [0.25, 0.3) is 0 Å². The van der Waals surface area contributed by atoms with Gasteiger partial charge in [0.05, 0.1) is 31.7 Å². The molecule has 1 N–H and O–H groups in total. The Labute approximate surface area is 217 Å². The van der Waals surface area contributed by atoms with E-state index in [2.05, 4.69) is 5.32 Å². The van der Waals surface area contributed by atoms with E-state index in [0.717, 1.165) is 24.1 Å². The SMILES string of the molecule is COc1ccc(-n2cc(-c3ccccc3)nc2NC(=O)CN(C[C@@H]2CCCO2)C(=O)C(C)C)cc1OC. The molecule has 0 bridgehead atoms. The molecule has 37 heavy (non-hydrogen) atoms. The molecule has 2 amide bonds. The highest BCUT2D eigenvalue weighted by molar-refractivity contribution is 5.94. The lowest BCUT2D eigenvalue weighted by atomic mass is 10.1. The first-order valence-corrected chi connectivity index (χ1v) is 12.5. The number of rotatable bonds is 10. The molecule has 1 aliphatic heterocycles. The maximum absolute atomic E-state index is 13.2. The molecule has 0 saturated carbocycles. The fraction of sp³-hybridized carbons (Fsp3) is 0.393. The van der Waals surface area contributed by atoms with Crippen molar-refractivity contribution in [1.29, 1.82) is 0 Å². The molecule has 1 saturated heterocycles. The van der Waals surface area contributed by atoms with Gasteiger partial charge in [0.2, 0.25) is 17.8 Å². The molecule has 9 heteroatoms. The summed E-state index contributed by atoms with van der Waals surface area (Å²) in [5, 5.41) is 2.92. The highest BCUT2D eigenvalue weighted by Crippen LogP contribution is 2.31. The zero-order valence-corrected chi connectivity index (χ0v) is 21.8. The number of anilines is 1. The highest BCUT2D eigenvalue weighted by Gasteiger charge is 2.26. The molecule has 0 radical (unpaired) electrons. The van der Waals surface area contributed by atoms with E-state index in [1.54, 1.807) is 29.8 Å². The average Bonchev–Trinajstić information content (AvgIpc) is 3.58. The summed E-state index contributed by atoms with van der Waals surface area (Å²) in [5.74, 6) is 0.838. The van der Waals surface area contributed by atoms with Crippen LogP contribution in [0.2, 0.25) is 0 Å². The molecule has 196 valence electrons. The molecule has 0 unspecified atom stereocenters. The van der Waals surface area contributed by atoms with E-state index in [1.165, 1.54) is 0 Å². The Morgan fingerprint density at radius 1 is 1.14 bits per heavy atom. The smallest absolute Gasteiger partial charge is 0.246 e. The van der Waals surface area contributed by atoms with Crippen molar-refractivity contribution in [2.75, 3.05) is 39.2 Å². The molecule has 1 atom stereocenters. The van der Waals surface area contributed by atoms with Crippen molar-refractivity contribution in [3.63, 3.8) is 0 Å². The van der Waals surface area contributed by atoms with Crippen LogP contribution in [0.4, 0.5) is 5.95 Å². The summed E-state index contributed by atoms with van der Waals surface area (Å²) in [6, 6.07) is 15.2. The van der Waals surface area contributed by atoms with Crippen LogP contribution in [-0.2, 0) is 14.3 Å². The van der Waals surface area contributed by atoms with Crippen LogP contribution in [0.1, 0.15) is 26.7 Å². The number of methoxy groups -OCH3 is 2. The lowest BCUT2D eigenvalue weighted by Gasteiger charge is -2.26. The predicted octanol–water partition coefficient (Wildman–Crippen LogP) is 4.16. The first-order chi connectivity index (χ1) is 17.9. The van der Waals surface area contributed by atoms with Crippen LogP contribution in [0.5, 0.6) is 11.5 Å². The van der Waals surface area contributed by atoms with Crippen molar-refractivity contribution in [3.05, 3.63) is 54.7 Å². The van der Waals surface area contributed by atoms with Crippen molar-refractivity contribution in [2.45, 2.75) is 32.8 Å². The van der Waals surface area contributed by atoms with Crippen molar-refractivity contribution in [3.8, 4) is 28.4 Å². The fourth-order valence-electron chi connectivity index (χ4n) is 4.36. The van der Waals surface area contributed by atoms with Gasteiger partial charge in [0.15, 0.2) is 11.5 Å². The average molecular weight is 507 g/mol. The maximum Gasteiger partial charge on any atom is 0.246 e. The van der Waals surface area contributed by atoms with Gasteiger partial charge in [-0.05, 0) is 25.0 Å². The topological polar surface area (TPSA) is 94.9 Å². The van der Waals surface area contributed by atoms with Gasteiger partial charge < -0.3 is 19.1 Å². The molecule has 1 aliphatic rings. The maximum atomic E-state index is 13.2. The minimum atomic E-state index is -0.334. The lowest BCUT2D eigenvalue weighted by molar-refractivity contribution is -0.139. The minimum Gasteiger partial charge on any atom is -0.493 e. The van der Waals surface area contributed by atoms with Crippen LogP contribution in [0.25, 0.3) is 16.9 Å². The summed E-state index contributed by atoms with van der Waals surface area (Å²) in [5.41, 5.74) is 2.34. The number of amides is 2. The van der Waals surface area contributed by atoms with Crippen molar-refractivity contribution in [2.24, 2.45) is 5.92 Å². The number of ether oxygens (including phenoxy) is 3. The number of hydrogen-bond acceptors (Lipinski definition) is 6. The molecule has 1 fully saturated rings. The molecule has 2 heterocycles. The third-order valence-corrected chi connectivity index (χ3v) is 6.26. The van der Waals surface area contributed by atoms with E-state index in [-0.39, 0.29) is 30.4 Å². The first-order valence-electron chi connectivity index (χ1n) is 12.5. The van der Waals surface area contributed by atoms with Crippen LogP contribution < -0.4 is 14.8 Å². The van der Waals surface area contributed by atoms with Gasteiger partial charge in [0, 0.05) is 36.9 Å². The van der Waals surface area contributed by atoms with E-state index in [0.29, 0.717) is 36.3 Å². The summed E-state index contributed by atoms with van der Waals surface area (Å²) in [6.45, 7) is 4.66. The lowest BCUT2D eigenvalue weighted by Crippen LogP contribution is -2.44. The van der Waals surface area contributed by atoms with Gasteiger partial charge in [-0.15, -0.1) is 0 Å². The number of imidazole rings is 1. The molecule has 9 nitrogen and oxygen atoms in total. The van der Waals surface area contributed by atoms with Crippen LogP contribution in [-0.4, -0.2) is 66.3 Å². The number of nitrogens with one attached hydrogen (secondary N) is 1. The Hall–Kier alpha value is -3.85. The summed E-state index contributed by atoms with van der Waals surface area (Å²) >= 11 is 0. The Kier molecular flexibility index (Phi) is 8.45. The summed E-state index contributed by atoms with van der Waals surface area (Å²) < 4.78 is 18.3. The Bertz CT molecular complexity index is 1220. The molecule has 2 aromatic carbocycles. The van der Waals surface area contributed by atoms with Gasteiger partial charge in [0.1, 0.15) is 6.54 Å². The van der Waals surface area contributed by atoms with Gasteiger partial charge in [-0.25, -0.2) is 4.98 Å². The highest BCUT2D eigenvalue weighted by atomic mass is 16.5. The first kappa shape index (κ1) is 26.2. The summed E-state index contributed by atoms with van der Waals surface area (Å²) in [4.78, 5) is 32.4. The van der Waals surface area contributed by atoms with Crippen molar-refractivity contribution in [1.82, 2.24) is 14.5 Å². The van der Waals surface area contributed by atoms with Gasteiger partial charge in [-0.2, -0.15) is 0 Å². The standard InChI is InChI=1S/C28H34N4O5/c1-19(2)27(34)31(16-22-11-8-14-37-22)18-26(33)30-28-29-23(20-9-6-5-7-10-20)17-32(28)21-12-13-24(35-3)25(15-21)36-4/h5-7,9-10,12-13,15,17,19,22H,8,11,14,16,18H2,1-4H3,(H,29,30,33)/t22-/m0/s1. The number of benzene rings is 2. The number of carbonyl (C=O) groups is 2. The zero-order valence-electron chi connectivity index (χ0n) is 21.8. The molecule has 0 aliphatic carbocycles. The Morgan fingerprint density at radius 3 is 2.54 bits per heavy atom. The second-order valence-electron chi connectivity index (χ2n) is 9.28. The van der Waals surface area contributed by atoms with Gasteiger partial charge in [-0.3, -0.25) is 19.5 Å². The van der Waals surface area contributed by atoms with Crippen molar-refractivity contribution < 1.29 is 23.8 Å². The Morgan fingerprint density at radius 2 is 1.89 bits per heavy atom. The second-order valence-corrected chi connectivity index (χ2v) is 9.28. The summed E-state index contributed by atoms with van der Waals surface area (Å²) in [7, 11) is 3.15. The third-order valence-electron chi connectivity index (χ3n) is 6.26. The largest absolute Gasteiger partial charge is 0.493 e. The third kappa shape index (κ3) is 6.29. The van der Waals surface area contributed by atoms with Crippen LogP contribution in [0, 0.1) is 5.92 Å². The van der Waals surface area contributed by atoms with E-state index in [9.17, 15) is 9.59 Å². The monoisotopic (exact) mass is 506 g/mol. The van der Waals surface area contributed by atoms with Crippen LogP contribution in [0.15, 0.2) is 54.7 Å². The van der Waals surface area contributed by atoms with E-state index in [4.69, 9.17) is 19.2 Å². The van der Waals surface area contributed by atoms with Crippen LogP contribution in [0.3, 0.4) is 0 Å². The molecule has 0 spiro atoms. The van der Waals surface area contributed by atoms with Gasteiger partial charge in [-0.1, -0.05) is 44.2 Å². The normalized spacial score (nSPS) is 15.0. The summed E-state index contributed by atoms with van der Waals surface area (Å²) in [6.07, 6.45) is 3.66. The second kappa shape index (κ2) is 11.9. The molecular formula is C28H34N4O5. The van der Waals surface area contributed by atoms with E-state index >= 15 is 0 Å². The van der Waals surface area contributed by atoms with E-state index < -0.39 is 0 Å². The molecule has 4 rings (SSSR count). The zero-order chi connectivity index (χ0) is 26.4. The Balaban J connectivity index is 1.63. The van der Waals surface area contributed by atoms with Gasteiger partial charge >= 0.3 is 0 Å². The predicted molar refractivity (Wildman–Crippen MR) is 141 cm³/mol. The minimum absolute atomic E-state index is 0.0473. The van der Waals surface area contributed by atoms with Crippen molar-refractivity contribution >= 4 is 17.8 Å². The molecule has 3 aromatic rings.